The van der Waals surface area contributed by atoms with Gasteiger partial charge in [0.1, 0.15) is 0 Å². The summed E-state index contributed by atoms with van der Waals surface area (Å²) < 4.78 is 1.07. The maximum absolute atomic E-state index is 9.05. The summed E-state index contributed by atoms with van der Waals surface area (Å²) in [7, 11) is 0. The summed E-state index contributed by atoms with van der Waals surface area (Å²) in [5.41, 5.74) is 8.01. The van der Waals surface area contributed by atoms with Gasteiger partial charge in [0.15, 0.2) is 0 Å². The van der Waals surface area contributed by atoms with Crippen molar-refractivity contribution in [1.82, 2.24) is 0 Å². The van der Waals surface area contributed by atoms with Crippen LogP contribution in [0.4, 0.5) is 5.69 Å². The van der Waals surface area contributed by atoms with Crippen molar-refractivity contribution in [2.24, 2.45) is 5.73 Å². The second kappa shape index (κ2) is 5.85. The highest BCUT2D eigenvalue weighted by Crippen LogP contribution is 2.30. The second-order valence-electron chi connectivity index (χ2n) is 4.55. The SMILES string of the molecule is NC(CO)c1ccc(N2CCCCC2)c(Br)c1. The molecule has 0 spiro atoms. The van der Waals surface area contributed by atoms with Crippen LogP contribution in [-0.4, -0.2) is 24.8 Å². The summed E-state index contributed by atoms with van der Waals surface area (Å²) in [6.07, 6.45) is 3.87. The van der Waals surface area contributed by atoms with Crippen molar-refractivity contribution in [3.05, 3.63) is 28.2 Å². The zero-order chi connectivity index (χ0) is 12.3. The van der Waals surface area contributed by atoms with Crippen LogP contribution < -0.4 is 10.6 Å². The van der Waals surface area contributed by atoms with Crippen LogP contribution in [0.15, 0.2) is 22.7 Å². The highest BCUT2D eigenvalue weighted by molar-refractivity contribution is 9.10. The fourth-order valence-electron chi connectivity index (χ4n) is 2.25. The predicted molar refractivity (Wildman–Crippen MR) is 74.2 cm³/mol. The minimum Gasteiger partial charge on any atom is -0.394 e. The average Bonchev–Trinajstić information content (AvgIpc) is 2.38. The number of anilines is 1. The number of aliphatic hydroxyl groups is 1. The number of hydrogen-bond acceptors (Lipinski definition) is 3. The van der Waals surface area contributed by atoms with E-state index in [0.29, 0.717) is 0 Å². The van der Waals surface area contributed by atoms with E-state index < -0.39 is 0 Å². The minimum absolute atomic E-state index is 0.0184. The van der Waals surface area contributed by atoms with Crippen LogP contribution >= 0.6 is 15.9 Å². The summed E-state index contributed by atoms with van der Waals surface area (Å²) in [5.74, 6) is 0. The van der Waals surface area contributed by atoms with Gasteiger partial charge in [0.2, 0.25) is 0 Å². The van der Waals surface area contributed by atoms with Crippen molar-refractivity contribution in [2.75, 3.05) is 24.6 Å². The van der Waals surface area contributed by atoms with Crippen LogP contribution in [0.5, 0.6) is 0 Å². The Bertz CT molecular complexity index is 378. The molecule has 0 bridgehead atoms. The first kappa shape index (κ1) is 12.9. The van der Waals surface area contributed by atoms with Gasteiger partial charge in [-0.25, -0.2) is 0 Å². The van der Waals surface area contributed by atoms with Gasteiger partial charge in [-0.15, -0.1) is 0 Å². The summed E-state index contributed by atoms with van der Waals surface area (Å²) in [5, 5.41) is 9.05. The largest absolute Gasteiger partial charge is 0.394 e. The zero-order valence-electron chi connectivity index (χ0n) is 9.90. The summed E-state index contributed by atoms with van der Waals surface area (Å²) in [6.45, 7) is 2.24. The topological polar surface area (TPSA) is 49.5 Å². The molecule has 0 aromatic heterocycles. The molecule has 2 rings (SSSR count). The van der Waals surface area contributed by atoms with Crippen molar-refractivity contribution in [3.8, 4) is 0 Å². The van der Waals surface area contributed by atoms with Crippen LogP contribution in [0, 0.1) is 0 Å². The van der Waals surface area contributed by atoms with E-state index in [2.05, 4.69) is 26.9 Å². The molecule has 1 aliphatic rings. The molecular weight excluding hydrogens is 280 g/mol. The summed E-state index contributed by atoms with van der Waals surface area (Å²) in [6, 6.07) is 5.84. The molecule has 0 aliphatic carbocycles. The van der Waals surface area contributed by atoms with E-state index in [0.717, 1.165) is 23.1 Å². The number of aliphatic hydroxyl groups excluding tert-OH is 1. The first-order valence-electron chi connectivity index (χ1n) is 6.13. The van der Waals surface area contributed by atoms with Crippen molar-refractivity contribution in [3.63, 3.8) is 0 Å². The van der Waals surface area contributed by atoms with E-state index in [4.69, 9.17) is 10.8 Å². The summed E-state index contributed by atoms with van der Waals surface area (Å²) in [4.78, 5) is 2.40. The minimum atomic E-state index is -0.290. The quantitative estimate of drug-likeness (QED) is 0.901. The molecule has 1 atom stereocenters. The van der Waals surface area contributed by atoms with Gasteiger partial charge in [0.25, 0.3) is 0 Å². The molecule has 1 unspecified atom stereocenters. The second-order valence-corrected chi connectivity index (χ2v) is 5.40. The molecule has 0 amide bonds. The van der Waals surface area contributed by atoms with E-state index >= 15 is 0 Å². The molecule has 0 radical (unpaired) electrons. The lowest BCUT2D eigenvalue weighted by Gasteiger charge is -2.30. The standard InChI is InChI=1S/C13H19BrN2O/c14-11-8-10(12(15)9-17)4-5-13(11)16-6-2-1-3-7-16/h4-5,8,12,17H,1-3,6-7,9,15H2. The van der Waals surface area contributed by atoms with Crippen LogP contribution in [0.2, 0.25) is 0 Å². The van der Waals surface area contributed by atoms with Gasteiger partial charge in [-0.2, -0.15) is 0 Å². The lowest BCUT2D eigenvalue weighted by molar-refractivity contribution is 0.268. The third-order valence-electron chi connectivity index (χ3n) is 3.29. The van der Waals surface area contributed by atoms with E-state index in [-0.39, 0.29) is 12.6 Å². The Morgan fingerprint density at radius 1 is 1.29 bits per heavy atom. The molecule has 0 saturated carbocycles. The van der Waals surface area contributed by atoms with Crippen molar-refractivity contribution in [1.29, 1.82) is 0 Å². The monoisotopic (exact) mass is 298 g/mol. The number of nitrogens with zero attached hydrogens (tertiary/aromatic N) is 1. The van der Waals surface area contributed by atoms with E-state index in [9.17, 15) is 0 Å². The molecule has 1 fully saturated rings. The number of halogens is 1. The Morgan fingerprint density at radius 3 is 2.59 bits per heavy atom. The molecule has 4 heteroatoms. The molecule has 17 heavy (non-hydrogen) atoms. The van der Waals surface area contributed by atoms with E-state index in [1.807, 2.05) is 12.1 Å². The summed E-state index contributed by atoms with van der Waals surface area (Å²) >= 11 is 3.60. The maximum Gasteiger partial charge on any atom is 0.0624 e. The maximum atomic E-state index is 9.05. The fraction of sp³-hybridized carbons (Fsp3) is 0.538. The molecule has 94 valence electrons. The molecule has 1 heterocycles. The lowest BCUT2D eigenvalue weighted by Crippen LogP contribution is -2.29. The number of piperidine rings is 1. The van der Waals surface area contributed by atoms with Gasteiger partial charge >= 0.3 is 0 Å². The van der Waals surface area contributed by atoms with Gasteiger partial charge in [-0.3, -0.25) is 0 Å². The first-order valence-corrected chi connectivity index (χ1v) is 6.92. The van der Waals surface area contributed by atoms with Gasteiger partial charge in [-0.1, -0.05) is 6.07 Å². The van der Waals surface area contributed by atoms with Gasteiger partial charge in [-0.05, 0) is 52.9 Å². The average molecular weight is 299 g/mol. The normalized spacial score (nSPS) is 18.2. The van der Waals surface area contributed by atoms with Gasteiger partial charge in [0, 0.05) is 17.6 Å². The third kappa shape index (κ3) is 3.00. The van der Waals surface area contributed by atoms with Crippen molar-refractivity contribution in [2.45, 2.75) is 25.3 Å². The van der Waals surface area contributed by atoms with E-state index in [1.165, 1.54) is 24.9 Å². The van der Waals surface area contributed by atoms with Crippen LogP contribution in [0.1, 0.15) is 30.9 Å². The number of nitrogens with two attached hydrogens (primary N) is 1. The highest BCUT2D eigenvalue weighted by Gasteiger charge is 2.14. The Hall–Kier alpha value is -0.580. The molecule has 1 aromatic rings. The zero-order valence-corrected chi connectivity index (χ0v) is 11.5. The third-order valence-corrected chi connectivity index (χ3v) is 3.93. The van der Waals surface area contributed by atoms with Crippen LogP contribution in [0.25, 0.3) is 0 Å². The Kier molecular flexibility index (Phi) is 4.42. The lowest BCUT2D eigenvalue weighted by atomic mass is 10.1. The molecule has 3 N–H and O–H groups in total. The number of benzene rings is 1. The molecule has 1 aliphatic heterocycles. The van der Waals surface area contributed by atoms with Gasteiger partial charge < -0.3 is 15.7 Å². The number of rotatable bonds is 3. The molecular formula is C13H19BrN2O. The van der Waals surface area contributed by atoms with Gasteiger partial charge in [0.05, 0.1) is 18.3 Å². The van der Waals surface area contributed by atoms with Crippen LogP contribution in [-0.2, 0) is 0 Å². The van der Waals surface area contributed by atoms with Crippen molar-refractivity contribution >= 4 is 21.6 Å². The molecule has 3 nitrogen and oxygen atoms in total. The van der Waals surface area contributed by atoms with E-state index in [1.54, 1.807) is 0 Å². The molecule has 1 aromatic carbocycles. The van der Waals surface area contributed by atoms with Crippen molar-refractivity contribution < 1.29 is 5.11 Å². The smallest absolute Gasteiger partial charge is 0.0624 e. The molecule has 1 saturated heterocycles. The Labute approximate surface area is 111 Å². The fourth-order valence-corrected chi connectivity index (χ4v) is 2.90. The predicted octanol–water partition coefficient (Wildman–Crippen LogP) is 2.43. The first-order chi connectivity index (χ1) is 8.22. The Morgan fingerprint density at radius 2 is 2.00 bits per heavy atom. The highest BCUT2D eigenvalue weighted by atomic mass is 79.9. The number of hydrogen-bond donors (Lipinski definition) is 2. The Balaban J connectivity index is 2.18. The van der Waals surface area contributed by atoms with Crippen LogP contribution in [0.3, 0.4) is 0 Å².